The summed E-state index contributed by atoms with van der Waals surface area (Å²) in [7, 11) is 0. The van der Waals surface area contributed by atoms with Gasteiger partial charge in [-0.25, -0.2) is 0 Å². The number of carboxylic acid groups (broad SMARTS) is 2. The Bertz CT molecular complexity index is 241. The summed E-state index contributed by atoms with van der Waals surface area (Å²) in [6.07, 6.45) is 1.59. The molecule has 5 nitrogen and oxygen atoms in total. The minimum Gasteiger partial charge on any atom is -0.544 e. The smallest absolute Gasteiger partial charge is 0.0872 e. The van der Waals surface area contributed by atoms with Gasteiger partial charge in [0.2, 0.25) is 0 Å². The molecule has 0 amide bonds. The van der Waals surface area contributed by atoms with Crippen LogP contribution in [-0.2, 0) is 9.59 Å². The number of hydrogen-bond donors (Lipinski definition) is 1. The standard InChI is InChI=1S/C6H6ClNO4/c7-3(5(9)10)1-2-4(8)6(11)12/h1-2H,8H2,(H,9,10)(H,11,12)/p-2/b3-1+,4-2+. The fourth-order valence-electron chi connectivity index (χ4n) is 0.299. The van der Waals surface area contributed by atoms with Crippen molar-refractivity contribution < 1.29 is 19.8 Å². The molecule has 0 fully saturated rings. The van der Waals surface area contributed by atoms with Crippen LogP contribution in [0.4, 0.5) is 0 Å². The average molecular weight is 190 g/mol. The predicted molar refractivity (Wildman–Crippen MR) is 36.2 cm³/mol. The van der Waals surface area contributed by atoms with E-state index in [1.165, 1.54) is 0 Å². The molecule has 0 heterocycles. The van der Waals surface area contributed by atoms with Crippen LogP contribution < -0.4 is 15.9 Å². The first kappa shape index (κ1) is 10.5. The monoisotopic (exact) mass is 189 g/mol. The lowest BCUT2D eigenvalue weighted by molar-refractivity contribution is -0.300. The molecule has 6 heteroatoms. The van der Waals surface area contributed by atoms with Crippen LogP contribution in [0.3, 0.4) is 0 Å². The summed E-state index contributed by atoms with van der Waals surface area (Å²) >= 11 is 5.05. The van der Waals surface area contributed by atoms with Crippen molar-refractivity contribution in [2.24, 2.45) is 5.73 Å². The molecule has 0 aromatic heterocycles. The van der Waals surface area contributed by atoms with Crippen molar-refractivity contribution >= 4 is 23.5 Å². The lowest BCUT2D eigenvalue weighted by Gasteiger charge is -2.00. The van der Waals surface area contributed by atoms with E-state index in [0.717, 1.165) is 12.2 Å². The molecule has 0 rings (SSSR count). The molecule has 0 aromatic carbocycles. The molecule has 0 saturated carbocycles. The van der Waals surface area contributed by atoms with Crippen LogP contribution in [0.2, 0.25) is 0 Å². The number of hydrogen-bond acceptors (Lipinski definition) is 5. The largest absolute Gasteiger partial charge is 0.544 e. The van der Waals surface area contributed by atoms with E-state index in [2.05, 4.69) is 0 Å². The molecule has 0 saturated heterocycles. The number of nitrogens with two attached hydrogens (primary N) is 1. The van der Waals surface area contributed by atoms with E-state index in [-0.39, 0.29) is 0 Å². The fraction of sp³-hybridized carbons (Fsp3) is 0. The maximum Gasteiger partial charge on any atom is 0.0872 e. The Kier molecular flexibility index (Phi) is 3.85. The first-order valence-corrected chi connectivity index (χ1v) is 3.08. The molecule has 0 aliphatic rings. The predicted octanol–water partition coefficient (Wildman–Crippen LogP) is -2.55. The molecule has 0 aliphatic heterocycles. The van der Waals surface area contributed by atoms with Gasteiger partial charge in [0.25, 0.3) is 0 Å². The highest BCUT2D eigenvalue weighted by Crippen LogP contribution is 1.99. The first-order valence-electron chi connectivity index (χ1n) is 2.70. The summed E-state index contributed by atoms with van der Waals surface area (Å²) < 4.78 is 0. The second-order valence-corrected chi connectivity index (χ2v) is 2.12. The Morgan fingerprint density at radius 1 is 1.17 bits per heavy atom. The van der Waals surface area contributed by atoms with Gasteiger partial charge in [-0.3, -0.25) is 0 Å². The van der Waals surface area contributed by atoms with Crippen molar-refractivity contribution in [1.82, 2.24) is 0 Å². The number of carbonyl (C=O) groups is 2. The SMILES string of the molecule is N/C(=C/C=C(/Cl)C(=O)[O-])C(=O)[O-]. The number of aliphatic carboxylic acids is 2. The second kappa shape index (κ2) is 4.40. The Labute approximate surface area is 72.7 Å². The lowest BCUT2D eigenvalue weighted by Crippen LogP contribution is -2.28. The molecule has 0 aliphatic carbocycles. The molecule has 0 atom stereocenters. The van der Waals surface area contributed by atoms with Crippen LogP contribution >= 0.6 is 11.6 Å². The maximum absolute atomic E-state index is 9.94. The summed E-state index contributed by atoms with van der Waals surface area (Å²) in [4.78, 5) is 19.9. The molecule has 0 unspecified atom stereocenters. The van der Waals surface area contributed by atoms with E-state index in [9.17, 15) is 19.8 Å². The van der Waals surface area contributed by atoms with E-state index in [4.69, 9.17) is 17.3 Å². The van der Waals surface area contributed by atoms with Gasteiger partial charge in [-0.05, 0) is 12.2 Å². The number of halogens is 1. The Hall–Kier alpha value is -1.49. The van der Waals surface area contributed by atoms with Crippen LogP contribution in [0, 0.1) is 0 Å². The van der Waals surface area contributed by atoms with Crippen molar-refractivity contribution in [2.45, 2.75) is 0 Å². The highest BCUT2D eigenvalue weighted by Gasteiger charge is 1.91. The molecule has 2 N–H and O–H groups in total. The van der Waals surface area contributed by atoms with E-state index in [0.29, 0.717) is 0 Å². The molecule has 12 heavy (non-hydrogen) atoms. The minimum absolute atomic E-state index is 0.616. The van der Waals surface area contributed by atoms with E-state index >= 15 is 0 Å². The topological polar surface area (TPSA) is 106 Å². The Morgan fingerprint density at radius 2 is 1.67 bits per heavy atom. The van der Waals surface area contributed by atoms with E-state index < -0.39 is 22.7 Å². The van der Waals surface area contributed by atoms with Crippen molar-refractivity contribution in [3.8, 4) is 0 Å². The Morgan fingerprint density at radius 3 is 2.00 bits per heavy atom. The molecule has 0 aromatic rings. The lowest BCUT2D eigenvalue weighted by atomic mass is 10.4. The third-order valence-electron chi connectivity index (χ3n) is 0.840. The number of rotatable bonds is 3. The molecular weight excluding hydrogens is 186 g/mol. The number of carbonyl (C=O) groups excluding carboxylic acids is 2. The summed E-state index contributed by atoms with van der Waals surface area (Å²) in [6, 6.07) is 0. The fourth-order valence-corrected chi connectivity index (χ4v) is 0.362. The van der Waals surface area contributed by atoms with Gasteiger partial charge in [-0.15, -0.1) is 0 Å². The van der Waals surface area contributed by atoms with E-state index in [1.807, 2.05) is 0 Å². The van der Waals surface area contributed by atoms with Gasteiger partial charge in [0.15, 0.2) is 0 Å². The third kappa shape index (κ3) is 3.62. The Balaban J connectivity index is 4.48. The highest BCUT2D eigenvalue weighted by atomic mass is 35.5. The average Bonchev–Trinajstić information content (AvgIpc) is 1.98. The first-order chi connectivity index (χ1) is 5.45. The third-order valence-corrected chi connectivity index (χ3v) is 1.12. The maximum atomic E-state index is 9.94. The van der Waals surface area contributed by atoms with Crippen LogP contribution in [0.1, 0.15) is 0 Å². The van der Waals surface area contributed by atoms with Gasteiger partial charge in [0, 0.05) is 0 Å². The molecule has 0 radical (unpaired) electrons. The van der Waals surface area contributed by atoms with Gasteiger partial charge in [-0.2, -0.15) is 0 Å². The summed E-state index contributed by atoms with van der Waals surface area (Å²) in [5, 5.41) is 19.2. The zero-order valence-electron chi connectivity index (χ0n) is 5.74. The van der Waals surface area contributed by atoms with Gasteiger partial charge in [0.05, 0.1) is 22.7 Å². The molecule has 66 valence electrons. The van der Waals surface area contributed by atoms with Gasteiger partial charge < -0.3 is 25.5 Å². The van der Waals surface area contributed by atoms with Crippen molar-refractivity contribution in [1.29, 1.82) is 0 Å². The zero-order valence-corrected chi connectivity index (χ0v) is 6.50. The summed E-state index contributed by atoms with van der Waals surface area (Å²) in [6.45, 7) is 0. The molecule has 0 spiro atoms. The quantitative estimate of drug-likeness (QED) is 0.389. The summed E-state index contributed by atoms with van der Waals surface area (Å²) in [5.41, 5.74) is 4.23. The van der Waals surface area contributed by atoms with Gasteiger partial charge >= 0.3 is 0 Å². The van der Waals surface area contributed by atoms with Gasteiger partial charge in [-0.1, -0.05) is 11.6 Å². The van der Waals surface area contributed by atoms with Crippen molar-refractivity contribution in [3.63, 3.8) is 0 Å². The molecule has 0 bridgehead atoms. The van der Waals surface area contributed by atoms with Crippen LogP contribution in [0.15, 0.2) is 22.9 Å². The van der Waals surface area contributed by atoms with Gasteiger partial charge in [0.1, 0.15) is 0 Å². The second-order valence-electron chi connectivity index (χ2n) is 1.71. The van der Waals surface area contributed by atoms with Crippen LogP contribution in [-0.4, -0.2) is 11.9 Å². The number of carboxylic acids is 2. The minimum atomic E-state index is -1.61. The van der Waals surface area contributed by atoms with Crippen molar-refractivity contribution in [2.75, 3.05) is 0 Å². The molecular formula is C6H4ClNO4-2. The van der Waals surface area contributed by atoms with Crippen LogP contribution in [0.25, 0.3) is 0 Å². The van der Waals surface area contributed by atoms with E-state index in [1.54, 1.807) is 0 Å². The normalized spacial score (nSPS) is 12.8. The number of allylic oxidation sites excluding steroid dienone is 2. The zero-order chi connectivity index (χ0) is 9.72. The summed E-state index contributed by atoms with van der Waals surface area (Å²) in [5.74, 6) is -3.21. The van der Waals surface area contributed by atoms with Crippen molar-refractivity contribution in [3.05, 3.63) is 22.9 Å². The van der Waals surface area contributed by atoms with Crippen LogP contribution in [0.5, 0.6) is 0 Å². The highest BCUT2D eigenvalue weighted by molar-refractivity contribution is 6.40.